The zero-order chi connectivity index (χ0) is 17.7. The number of hydrogen-bond donors (Lipinski definition) is 0. The number of carbonyl (C=O) groups excluding carboxylic acids is 2. The van der Waals surface area contributed by atoms with E-state index in [0.717, 1.165) is 19.5 Å². The second-order valence-corrected chi connectivity index (χ2v) is 8.81. The lowest BCUT2D eigenvalue weighted by Gasteiger charge is -2.38. The van der Waals surface area contributed by atoms with E-state index in [4.69, 9.17) is 14.2 Å². The molecule has 6 atom stereocenters. The molecule has 26 heavy (non-hydrogen) atoms. The van der Waals surface area contributed by atoms with Crippen LogP contribution in [0.1, 0.15) is 38.5 Å². The van der Waals surface area contributed by atoms with E-state index >= 15 is 0 Å². The van der Waals surface area contributed by atoms with Crippen molar-refractivity contribution in [3.8, 4) is 0 Å². The van der Waals surface area contributed by atoms with Gasteiger partial charge in [0.15, 0.2) is 0 Å². The van der Waals surface area contributed by atoms with Gasteiger partial charge in [-0.05, 0) is 18.3 Å². The molecule has 6 unspecified atom stereocenters. The number of rotatable bonds is 4. The van der Waals surface area contributed by atoms with E-state index in [-0.39, 0.29) is 36.0 Å². The highest BCUT2D eigenvalue weighted by Crippen LogP contribution is 2.62. The molecule has 6 nitrogen and oxygen atoms in total. The summed E-state index contributed by atoms with van der Waals surface area (Å²) in [5.41, 5.74) is 0. The van der Waals surface area contributed by atoms with Crippen molar-refractivity contribution in [1.82, 2.24) is 4.90 Å². The van der Waals surface area contributed by atoms with Crippen LogP contribution in [0.2, 0.25) is 0 Å². The van der Waals surface area contributed by atoms with E-state index in [1.807, 2.05) is 0 Å². The highest BCUT2D eigenvalue weighted by Gasteiger charge is 2.68. The van der Waals surface area contributed by atoms with Crippen molar-refractivity contribution in [3.63, 3.8) is 0 Å². The van der Waals surface area contributed by atoms with Crippen molar-refractivity contribution in [2.75, 3.05) is 32.8 Å². The van der Waals surface area contributed by atoms with Crippen LogP contribution in [0, 0.1) is 29.6 Å². The average Bonchev–Trinajstić information content (AvgIpc) is 3.27. The van der Waals surface area contributed by atoms with Gasteiger partial charge in [-0.25, -0.2) is 0 Å². The van der Waals surface area contributed by atoms with E-state index in [2.05, 4.69) is 4.90 Å². The monoisotopic (exact) mass is 363 g/mol. The molecule has 0 radical (unpaired) electrons. The Bertz CT molecular complexity index is 569. The van der Waals surface area contributed by atoms with Crippen LogP contribution >= 0.6 is 0 Å². The number of esters is 2. The maximum Gasteiger partial charge on any atom is 0.320 e. The molecule has 0 aromatic rings. The largest absolute Gasteiger partial charge is 0.458 e. The van der Waals surface area contributed by atoms with Gasteiger partial charge >= 0.3 is 11.9 Å². The van der Waals surface area contributed by atoms with Crippen molar-refractivity contribution in [2.45, 2.75) is 50.7 Å². The first kappa shape index (κ1) is 17.0. The lowest BCUT2D eigenvalue weighted by molar-refractivity contribution is -0.164. The van der Waals surface area contributed by atoms with Crippen LogP contribution in [0.15, 0.2) is 0 Å². The topological polar surface area (TPSA) is 65.1 Å². The summed E-state index contributed by atoms with van der Waals surface area (Å²) in [5, 5.41) is 0. The SMILES string of the molecule is O=C(CN1CCOCC1)OC1C2CC3C1OC(=O)C3C2C1CCCCC1. The molecule has 2 bridgehead atoms. The van der Waals surface area contributed by atoms with Crippen LogP contribution in [0.25, 0.3) is 0 Å². The molecule has 5 fully saturated rings. The standard InChI is InChI=1S/C20H29NO5/c22-15(11-21-6-8-24-9-7-21)25-18-13-10-14-17(20(23)26-19(14)18)16(13)12-4-2-1-3-5-12/h12-14,16-19H,1-11H2. The van der Waals surface area contributed by atoms with Crippen molar-refractivity contribution < 1.29 is 23.8 Å². The summed E-state index contributed by atoms with van der Waals surface area (Å²) in [4.78, 5) is 27.1. The number of nitrogens with zero attached hydrogens (tertiary/aromatic N) is 1. The third kappa shape index (κ3) is 2.76. The minimum atomic E-state index is -0.219. The van der Waals surface area contributed by atoms with Gasteiger partial charge in [0.05, 0.1) is 25.7 Å². The fraction of sp³-hybridized carbons (Fsp3) is 0.900. The van der Waals surface area contributed by atoms with Gasteiger partial charge in [-0.2, -0.15) is 0 Å². The first-order valence-corrected chi connectivity index (χ1v) is 10.4. The molecular formula is C20H29NO5. The lowest BCUT2D eigenvalue weighted by Crippen LogP contribution is -2.45. The van der Waals surface area contributed by atoms with Gasteiger partial charge in [0.1, 0.15) is 12.2 Å². The summed E-state index contributed by atoms with van der Waals surface area (Å²) < 4.78 is 17.0. The average molecular weight is 363 g/mol. The molecule has 3 aliphatic carbocycles. The number of carbonyl (C=O) groups is 2. The summed E-state index contributed by atoms with van der Waals surface area (Å²) in [6, 6.07) is 0. The number of hydrogen-bond acceptors (Lipinski definition) is 6. The molecule has 6 heteroatoms. The van der Waals surface area contributed by atoms with E-state index in [9.17, 15) is 9.59 Å². The minimum absolute atomic E-state index is 0.0233. The molecule has 0 N–H and O–H groups in total. The summed E-state index contributed by atoms with van der Waals surface area (Å²) in [5.74, 6) is 1.45. The summed E-state index contributed by atoms with van der Waals surface area (Å²) in [6.07, 6.45) is 6.88. The van der Waals surface area contributed by atoms with Crippen molar-refractivity contribution in [3.05, 3.63) is 0 Å². The van der Waals surface area contributed by atoms with Gasteiger partial charge in [-0.1, -0.05) is 32.1 Å². The summed E-state index contributed by atoms with van der Waals surface area (Å²) in [6.45, 7) is 3.21. The second-order valence-electron chi connectivity index (χ2n) is 8.81. The molecule has 2 aliphatic heterocycles. The van der Waals surface area contributed by atoms with Gasteiger partial charge in [-0.3, -0.25) is 14.5 Å². The molecule has 0 aromatic heterocycles. The fourth-order valence-electron chi connectivity index (χ4n) is 6.49. The predicted octanol–water partition coefficient (Wildman–Crippen LogP) is 1.62. The molecule has 5 rings (SSSR count). The van der Waals surface area contributed by atoms with Crippen molar-refractivity contribution in [2.24, 2.45) is 29.6 Å². The third-order valence-electron chi connectivity index (χ3n) is 7.52. The molecular weight excluding hydrogens is 334 g/mol. The second kappa shape index (κ2) is 6.79. The molecule has 5 aliphatic rings. The number of fused-ring (bicyclic) bond motifs is 1. The van der Waals surface area contributed by atoms with Gasteiger partial charge in [0, 0.05) is 24.9 Å². The third-order valence-corrected chi connectivity index (χ3v) is 7.52. The van der Waals surface area contributed by atoms with Gasteiger partial charge in [-0.15, -0.1) is 0 Å². The number of morpholine rings is 1. The van der Waals surface area contributed by atoms with E-state index < -0.39 is 0 Å². The number of ether oxygens (including phenoxy) is 3. The van der Waals surface area contributed by atoms with Crippen molar-refractivity contribution in [1.29, 1.82) is 0 Å². The Balaban J connectivity index is 1.28. The maximum atomic E-state index is 12.5. The lowest BCUT2D eigenvalue weighted by atomic mass is 9.67. The predicted molar refractivity (Wildman–Crippen MR) is 92.2 cm³/mol. The Kier molecular flexibility index (Phi) is 4.44. The maximum absolute atomic E-state index is 12.5. The molecule has 0 aromatic carbocycles. The Morgan fingerprint density at radius 2 is 1.88 bits per heavy atom. The van der Waals surface area contributed by atoms with E-state index in [0.29, 0.717) is 37.5 Å². The molecule has 144 valence electrons. The zero-order valence-electron chi connectivity index (χ0n) is 15.3. The van der Waals surface area contributed by atoms with Crippen LogP contribution in [-0.4, -0.2) is 61.9 Å². The summed E-state index contributed by atoms with van der Waals surface area (Å²) in [7, 11) is 0. The van der Waals surface area contributed by atoms with Crippen LogP contribution in [0.5, 0.6) is 0 Å². The Hall–Kier alpha value is -1.14. The van der Waals surface area contributed by atoms with Crippen LogP contribution in [0.4, 0.5) is 0 Å². The van der Waals surface area contributed by atoms with E-state index in [1.54, 1.807) is 0 Å². The minimum Gasteiger partial charge on any atom is -0.458 e. The van der Waals surface area contributed by atoms with Crippen LogP contribution < -0.4 is 0 Å². The molecule has 0 amide bonds. The smallest absolute Gasteiger partial charge is 0.320 e. The highest BCUT2D eigenvalue weighted by atomic mass is 16.6. The van der Waals surface area contributed by atoms with Crippen molar-refractivity contribution >= 4 is 11.9 Å². The van der Waals surface area contributed by atoms with E-state index in [1.165, 1.54) is 32.1 Å². The Morgan fingerprint density at radius 1 is 1.12 bits per heavy atom. The van der Waals surface area contributed by atoms with Crippen LogP contribution in [-0.2, 0) is 23.8 Å². The highest BCUT2D eigenvalue weighted by molar-refractivity contribution is 5.78. The Labute approximate surface area is 154 Å². The normalized spacial score (nSPS) is 42.8. The van der Waals surface area contributed by atoms with Gasteiger partial charge in [0.25, 0.3) is 0 Å². The quantitative estimate of drug-likeness (QED) is 0.707. The molecule has 0 spiro atoms. The van der Waals surface area contributed by atoms with Gasteiger partial charge in [0.2, 0.25) is 0 Å². The first-order chi connectivity index (χ1) is 12.7. The molecule has 2 heterocycles. The van der Waals surface area contributed by atoms with Gasteiger partial charge < -0.3 is 14.2 Å². The Morgan fingerprint density at radius 3 is 2.65 bits per heavy atom. The molecule has 3 saturated carbocycles. The molecule has 2 saturated heterocycles. The van der Waals surface area contributed by atoms with Crippen LogP contribution in [0.3, 0.4) is 0 Å². The summed E-state index contributed by atoms with van der Waals surface area (Å²) >= 11 is 0. The zero-order valence-corrected chi connectivity index (χ0v) is 15.3. The fourth-order valence-corrected chi connectivity index (χ4v) is 6.49. The first-order valence-electron chi connectivity index (χ1n) is 10.4.